The van der Waals surface area contributed by atoms with E-state index in [1.165, 1.54) is 20.3 Å². The summed E-state index contributed by atoms with van der Waals surface area (Å²) >= 11 is 0. The number of allylic oxidation sites excluding steroid dienone is 1. The molecule has 3 saturated heterocycles. The standard InChI is InChI=1S/C28H38O11/c1-23(2)14-12-15(29)26(5)13(24(14,3)10-9-16(30)38-23)8-11-25(4)21(36-19(32)18-28(25,26)39-18)27(33)17(31)20(34-6)37-22(27)35-7/h9-10,13-14,17-18,20-22,31,33H,8,11-12H2,1-7H3/t13-,14+,17-,18-,20-,21-,22+,24-,25+,26+,27+,28-/m1/s1. The summed E-state index contributed by atoms with van der Waals surface area (Å²) < 4.78 is 34.2. The average molecular weight is 551 g/mol. The summed E-state index contributed by atoms with van der Waals surface area (Å²) in [4.78, 5) is 40.3. The lowest BCUT2D eigenvalue weighted by Gasteiger charge is -2.65. The smallest absolute Gasteiger partial charge is 0.338 e. The molecule has 0 bridgehead atoms. The highest BCUT2D eigenvalue weighted by atomic mass is 16.8. The highest BCUT2D eigenvalue weighted by Crippen LogP contribution is 2.77. The van der Waals surface area contributed by atoms with Gasteiger partial charge in [-0.05, 0) is 44.9 Å². The predicted molar refractivity (Wildman–Crippen MR) is 131 cm³/mol. The van der Waals surface area contributed by atoms with Gasteiger partial charge in [-0.1, -0.05) is 19.9 Å². The molecule has 1 spiro atoms. The zero-order chi connectivity index (χ0) is 28.6. The molecule has 0 radical (unpaired) electrons. The topological polar surface area (TPSA) is 150 Å². The Morgan fingerprint density at radius 3 is 2.36 bits per heavy atom. The third-order valence-electron chi connectivity index (χ3n) is 11.4. The second-order valence-corrected chi connectivity index (χ2v) is 13.3. The first-order valence-corrected chi connectivity index (χ1v) is 13.5. The number of methoxy groups -OCH3 is 2. The number of hydrogen-bond acceptors (Lipinski definition) is 11. The summed E-state index contributed by atoms with van der Waals surface area (Å²) in [6, 6.07) is 0. The van der Waals surface area contributed by atoms with Gasteiger partial charge >= 0.3 is 11.9 Å². The molecular formula is C28H38O11. The van der Waals surface area contributed by atoms with Gasteiger partial charge in [0.05, 0.1) is 5.41 Å². The number of ether oxygens (including phenoxy) is 6. The number of rotatable bonds is 3. The highest BCUT2D eigenvalue weighted by molar-refractivity contribution is 5.93. The van der Waals surface area contributed by atoms with Crippen LogP contribution < -0.4 is 0 Å². The predicted octanol–water partition coefficient (Wildman–Crippen LogP) is 1.03. The van der Waals surface area contributed by atoms with Crippen LogP contribution in [0.2, 0.25) is 0 Å². The molecule has 2 saturated carbocycles. The fourth-order valence-electron chi connectivity index (χ4n) is 9.61. The van der Waals surface area contributed by atoms with Crippen LogP contribution in [0, 0.1) is 28.1 Å². The van der Waals surface area contributed by atoms with Crippen molar-refractivity contribution in [2.75, 3.05) is 14.2 Å². The quantitative estimate of drug-likeness (QED) is 0.383. The fourth-order valence-corrected chi connectivity index (χ4v) is 9.61. The first-order chi connectivity index (χ1) is 18.1. The van der Waals surface area contributed by atoms with E-state index in [4.69, 9.17) is 28.4 Å². The summed E-state index contributed by atoms with van der Waals surface area (Å²) in [6.45, 7) is 9.40. The van der Waals surface area contributed by atoms with Crippen molar-refractivity contribution in [2.45, 2.75) is 102 Å². The summed E-state index contributed by atoms with van der Waals surface area (Å²) in [6.07, 6.45) is -2.24. The van der Waals surface area contributed by atoms with Crippen molar-refractivity contribution in [2.24, 2.45) is 28.1 Å². The lowest BCUT2D eigenvalue weighted by molar-refractivity contribution is -0.282. The van der Waals surface area contributed by atoms with Gasteiger partial charge in [0, 0.05) is 38.0 Å². The molecule has 11 heteroatoms. The van der Waals surface area contributed by atoms with Gasteiger partial charge in [-0.25, -0.2) is 9.59 Å². The Morgan fingerprint density at radius 1 is 1.03 bits per heavy atom. The minimum Gasteiger partial charge on any atom is -0.456 e. The number of ketones is 1. The van der Waals surface area contributed by atoms with Crippen LogP contribution in [0.5, 0.6) is 0 Å². The number of esters is 2. The van der Waals surface area contributed by atoms with E-state index in [1.54, 1.807) is 0 Å². The van der Waals surface area contributed by atoms with Gasteiger partial charge in [0.2, 0.25) is 0 Å². The van der Waals surface area contributed by atoms with E-state index in [-0.39, 0.29) is 24.0 Å². The molecule has 0 aromatic heterocycles. The molecule has 6 aliphatic rings. The molecule has 5 fully saturated rings. The van der Waals surface area contributed by atoms with Gasteiger partial charge in [-0.2, -0.15) is 0 Å². The van der Waals surface area contributed by atoms with E-state index >= 15 is 0 Å². The van der Waals surface area contributed by atoms with E-state index in [0.29, 0.717) is 12.8 Å². The van der Waals surface area contributed by atoms with Crippen molar-refractivity contribution >= 4 is 17.7 Å². The molecule has 216 valence electrons. The van der Waals surface area contributed by atoms with Crippen LogP contribution in [0.1, 0.15) is 53.9 Å². The van der Waals surface area contributed by atoms with Crippen molar-refractivity contribution in [3.05, 3.63) is 12.2 Å². The Kier molecular flexibility index (Phi) is 5.52. The maximum atomic E-state index is 14.4. The number of aliphatic hydroxyl groups excluding tert-OH is 1. The molecule has 39 heavy (non-hydrogen) atoms. The summed E-state index contributed by atoms with van der Waals surface area (Å²) in [7, 11) is 2.63. The van der Waals surface area contributed by atoms with Crippen molar-refractivity contribution in [1.82, 2.24) is 0 Å². The van der Waals surface area contributed by atoms with Gasteiger partial charge in [0.25, 0.3) is 0 Å². The molecule has 0 unspecified atom stereocenters. The largest absolute Gasteiger partial charge is 0.456 e. The lowest BCUT2D eigenvalue weighted by atomic mass is 9.37. The summed E-state index contributed by atoms with van der Waals surface area (Å²) in [5.74, 6) is -1.87. The molecule has 4 heterocycles. The lowest BCUT2D eigenvalue weighted by Crippen LogP contribution is -2.76. The van der Waals surface area contributed by atoms with Crippen LogP contribution in [-0.4, -0.2) is 89.8 Å². The van der Waals surface area contributed by atoms with Gasteiger partial charge in [-0.3, -0.25) is 4.79 Å². The van der Waals surface area contributed by atoms with Crippen molar-refractivity contribution < 1.29 is 53.0 Å². The van der Waals surface area contributed by atoms with Crippen LogP contribution in [0.3, 0.4) is 0 Å². The Hall–Kier alpha value is -1.89. The van der Waals surface area contributed by atoms with Crippen LogP contribution >= 0.6 is 0 Å². The number of Topliss-reactive ketones (excluding diaryl/α,β-unsaturated/α-hetero) is 1. The number of cyclic esters (lactones) is 2. The second-order valence-electron chi connectivity index (χ2n) is 13.3. The minimum atomic E-state index is -2.21. The van der Waals surface area contributed by atoms with E-state index in [0.717, 1.165) is 0 Å². The summed E-state index contributed by atoms with van der Waals surface area (Å²) in [5.41, 5.74) is -7.34. The highest BCUT2D eigenvalue weighted by Gasteiger charge is 2.90. The molecule has 6 rings (SSSR count). The number of aliphatic hydroxyl groups is 2. The molecule has 11 nitrogen and oxygen atoms in total. The third kappa shape index (κ3) is 2.91. The second kappa shape index (κ2) is 7.89. The fraction of sp³-hybridized carbons (Fsp3) is 0.821. The number of epoxide rings is 1. The zero-order valence-electron chi connectivity index (χ0n) is 23.4. The monoisotopic (exact) mass is 550 g/mol. The van der Waals surface area contributed by atoms with Gasteiger partial charge < -0.3 is 38.6 Å². The van der Waals surface area contributed by atoms with Crippen LogP contribution in [-0.2, 0) is 42.8 Å². The molecule has 4 aliphatic heterocycles. The third-order valence-corrected chi connectivity index (χ3v) is 11.4. The van der Waals surface area contributed by atoms with Crippen molar-refractivity contribution in [1.29, 1.82) is 0 Å². The average Bonchev–Trinajstić information content (AvgIpc) is 3.61. The molecule has 12 atom stereocenters. The summed E-state index contributed by atoms with van der Waals surface area (Å²) in [5, 5.41) is 23.2. The van der Waals surface area contributed by atoms with E-state index in [9.17, 15) is 24.6 Å². The Bertz CT molecular complexity index is 1160. The van der Waals surface area contributed by atoms with E-state index < -0.39 is 75.9 Å². The van der Waals surface area contributed by atoms with Crippen LogP contribution in [0.4, 0.5) is 0 Å². The molecule has 0 aromatic rings. The molecule has 0 amide bonds. The Labute approximate surface area is 227 Å². The first kappa shape index (κ1) is 27.3. The Balaban J connectivity index is 1.50. The minimum absolute atomic E-state index is 0.0930. The Morgan fingerprint density at radius 2 is 1.72 bits per heavy atom. The number of fused-ring (bicyclic) bond motifs is 3. The molecule has 2 N–H and O–H groups in total. The number of hydrogen-bond donors (Lipinski definition) is 2. The first-order valence-electron chi connectivity index (χ1n) is 13.5. The zero-order valence-corrected chi connectivity index (χ0v) is 23.4. The van der Waals surface area contributed by atoms with E-state index in [2.05, 4.69) is 6.92 Å². The van der Waals surface area contributed by atoms with Crippen molar-refractivity contribution in [3.63, 3.8) is 0 Å². The number of carbonyl (C=O) groups excluding carboxylic acids is 3. The molecule has 0 aromatic carbocycles. The van der Waals surface area contributed by atoms with Gasteiger partial charge in [0.1, 0.15) is 29.2 Å². The van der Waals surface area contributed by atoms with Gasteiger partial charge in [0.15, 0.2) is 24.3 Å². The van der Waals surface area contributed by atoms with Gasteiger partial charge in [-0.15, -0.1) is 0 Å². The number of carbonyl (C=O) groups is 3. The van der Waals surface area contributed by atoms with Crippen LogP contribution in [0.25, 0.3) is 0 Å². The maximum absolute atomic E-state index is 14.4. The van der Waals surface area contributed by atoms with Crippen molar-refractivity contribution in [3.8, 4) is 0 Å². The normalized spacial score (nSPS) is 55.4. The molecular weight excluding hydrogens is 512 g/mol. The van der Waals surface area contributed by atoms with Crippen LogP contribution in [0.15, 0.2) is 12.2 Å². The molecule has 2 aliphatic carbocycles. The maximum Gasteiger partial charge on any atom is 0.338 e. The van der Waals surface area contributed by atoms with E-state index in [1.807, 2.05) is 33.8 Å². The SMILES string of the molecule is CO[C@@H]1O[C@H](OC)[C@@](O)([C@@H]2OC(=O)[C@H]3O[C@@]34[C@@]2(C)CC[C@@H]2[C@@]3(C)C=CC(=O)OC(C)(C)[C@@H]3CC(=O)[C@]24C)[C@@H]1O.